The van der Waals surface area contributed by atoms with Crippen LogP contribution in [-0.2, 0) is 18.9 Å². The molecule has 2 rings (SSSR count). The molecular weight excluding hydrogens is 335 g/mol. The summed E-state index contributed by atoms with van der Waals surface area (Å²) in [5.74, 6) is 0. The lowest BCUT2D eigenvalue weighted by Gasteiger charge is -2.45. The summed E-state index contributed by atoms with van der Waals surface area (Å²) in [5, 5.41) is 58.6. The molecule has 0 bridgehead atoms. The summed E-state index contributed by atoms with van der Waals surface area (Å²) in [6, 6.07) is 0. The van der Waals surface area contributed by atoms with Gasteiger partial charge in [-0.3, -0.25) is 0 Å². The molecule has 2 heterocycles. The Morgan fingerprint density at radius 2 is 1.42 bits per heavy atom. The van der Waals surface area contributed by atoms with Gasteiger partial charge in [-0.05, 0) is 0 Å². The fraction of sp³-hybridized carbons (Fsp3) is 1.00. The summed E-state index contributed by atoms with van der Waals surface area (Å²) in [6.07, 6.45) is -15.0. The Hall–Kier alpha value is -0.470. The number of hydrogen-bond acceptors (Lipinski definition) is 10. The van der Waals surface area contributed by atoms with E-state index in [2.05, 4.69) is 0 Å². The third-order valence-electron chi connectivity index (χ3n) is 4.16. The highest BCUT2D eigenvalue weighted by atomic mass is 19.1. The van der Waals surface area contributed by atoms with Gasteiger partial charge >= 0.3 is 0 Å². The molecule has 0 aromatic rings. The predicted octanol–water partition coefficient (Wildman–Crippen LogP) is -3.77. The number of alkyl halides is 1. The highest BCUT2D eigenvalue weighted by molar-refractivity contribution is 4.93. The number of aliphatic hydroxyl groups excluding tert-OH is 6. The molecule has 0 spiro atoms. The first-order valence-electron chi connectivity index (χ1n) is 7.42. The van der Waals surface area contributed by atoms with E-state index in [1.54, 1.807) is 0 Å². The van der Waals surface area contributed by atoms with E-state index in [1.165, 1.54) is 7.11 Å². The van der Waals surface area contributed by atoms with E-state index < -0.39 is 74.7 Å². The minimum absolute atomic E-state index is 0.616. The zero-order valence-corrected chi connectivity index (χ0v) is 12.9. The summed E-state index contributed by atoms with van der Waals surface area (Å²) < 4.78 is 33.3. The average Bonchev–Trinajstić information content (AvgIpc) is 2.59. The molecule has 2 fully saturated rings. The molecule has 11 heteroatoms. The number of halogens is 1. The number of ether oxygens (including phenoxy) is 4. The van der Waals surface area contributed by atoms with Crippen molar-refractivity contribution in [2.75, 3.05) is 20.4 Å². The van der Waals surface area contributed by atoms with Crippen molar-refractivity contribution in [2.24, 2.45) is 0 Å². The largest absolute Gasteiger partial charge is 0.394 e. The maximum atomic E-state index is 12.9. The smallest absolute Gasteiger partial charge is 0.187 e. The van der Waals surface area contributed by atoms with E-state index in [4.69, 9.17) is 18.9 Å². The van der Waals surface area contributed by atoms with Gasteiger partial charge in [0.2, 0.25) is 0 Å². The van der Waals surface area contributed by atoms with E-state index in [-0.39, 0.29) is 0 Å². The lowest BCUT2D eigenvalue weighted by Crippen LogP contribution is -2.64. The summed E-state index contributed by atoms with van der Waals surface area (Å²) in [7, 11) is 1.23. The normalized spacial score (nSPS) is 50.0. The summed E-state index contributed by atoms with van der Waals surface area (Å²) in [5.41, 5.74) is 0. The van der Waals surface area contributed by atoms with Crippen LogP contribution in [0.5, 0.6) is 0 Å². The van der Waals surface area contributed by atoms with Crippen molar-refractivity contribution in [1.82, 2.24) is 0 Å². The van der Waals surface area contributed by atoms with Crippen LogP contribution in [0.15, 0.2) is 0 Å². The van der Waals surface area contributed by atoms with Crippen molar-refractivity contribution in [1.29, 1.82) is 0 Å². The van der Waals surface area contributed by atoms with Crippen LogP contribution >= 0.6 is 0 Å². The summed E-state index contributed by atoms with van der Waals surface area (Å²) in [4.78, 5) is 0. The first kappa shape index (κ1) is 19.8. The number of aliphatic hydroxyl groups is 6. The zero-order chi connectivity index (χ0) is 18.0. The van der Waals surface area contributed by atoms with Gasteiger partial charge in [0.05, 0.1) is 6.61 Å². The van der Waals surface area contributed by atoms with Crippen LogP contribution < -0.4 is 0 Å². The summed E-state index contributed by atoms with van der Waals surface area (Å²) >= 11 is 0. The first-order valence-corrected chi connectivity index (χ1v) is 7.42. The van der Waals surface area contributed by atoms with Gasteiger partial charge in [-0.2, -0.15) is 0 Å². The van der Waals surface area contributed by atoms with Gasteiger partial charge in [0.15, 0.2) is 12.6 Å². The quantitative estimate of drug-likeness (QED) is 0.288. The fourth-order valence-corrected chi connectivity index (χ4v) is 2.73. The molecule has 2 aliphatic rings. The molecule has 0 saturated carbocycles. The van der Waals surface area contributed by atoms with Crippen molar-refractivity contribution in [3.63, 3.8) is 0 Å². The van der Waals surface area contributed by atoms with E-state index in [0.717, 1.165) is 0 Å². The van der Waals surface area contributed by atoms with Crippen LogP contribution in [0.1, 0.15) is 0 Å². The predicted molar refractivity (Wildman–Crippen MR) is 72.3 cm³/mol. The molecule has 10 nitrogen and oxygen atoms in total. The molecule has 24 heavy (non-hydrogen) atoms. The third kappa shape index (κ3) is 3.70. The zero-order valence-electron chi connectivity index (χ0n) is 12.9. The van der Waals surface area contributed by atoms with Crippen LogP contribution in [0.25, 0.3) is 0 Å². The van der Waals surface area contributed by atoms with Crippen molar-refractivity contribution in [3.05, 3.63) is 0 Å². The molecule has 0 amide bonds. The highest BCUT2D eigenvalue weighted by Crippen LogP contribution is 2.29. The second-order valence-electron chi connectivity index (χ2n) is 5.71. The summed E-state index contributed by atoms with van der Waals surface area (Å²) in [6.45, 7) is -1.76. The Balaban J connectivity index is 2.12. The second-order valence-corrected chi connectivity index (χ2v) is 5.71. The Morgan fingerprint density at radius 1 is 0.833 bits per heavy atom. The van der Waals surface area contributed by atoms with E-state index >= 15 is 0 Å². The molecule has 10 atom stereocenters. The Kier molecular flexibility index (Phi) is 6.84. The SMILES string of the molecule is CO[C@H]1O[C@H](CO)[C@H](O[C@@H]2O[C@H](CF)[C@H](O)[C@H](O)[C@H]2O)[C@H](O)[C@H]1O. The van der Waals surface area contributed by atoms with Crippen LogP contribution in [0.3, 0.4) is 0 Å². The minimum atomic E-state index is -1.74. The maximum Gasteiger partial charge on any atom is 0.187 e. The lowest BCUT2D eigenvalue weighted by molar-refractivity contribution is -0.356. The second kappa shape index (κ2) is 8.27. The average molecular weight is 358 g/mol. The van der Waals surface area contributed by atoms with Gasteiger partial charge < -0.3 is 49.6 Å². The van der Waals surface area contributed by atoms with Crippen molar-refractivity contribution in [2.45, 2.75) is 61.4 Å². The van der Waals surface area contributed by atoms with Gasteiger partial charge in [-0.1, -0.05) is 0 Å². The van der Waals surface area contributed by atoms with Gasteiger partial charge in [-0.15, -0.1) is 0 Å². The number of rotatable bonds is 5. The standard InChI is InChI=1S/C13H23FO10/c1-21-12-10(20)8(18)11(5(3-15)23-12)24-13-9(19)7(17)6(16)4(2-14)22-13/h4-13,15-20H,2-3H2,1H3/t4-,5-,6+,7+,8-,9-,10-,11+,12+,13+/m1/s1. The van der Waals surface area contributed by atoms with E-state index in [0.29, 0.717) is 0 Å². The Labute approximate surface area is 136 Å². The van der Waals surface area contributed by atoms with Crippen molar-refractivity contribution in [3.8, 4) is 0 Å². The molecule has 2 aliphatic heterocycles. The van der Waals surface area contributed by atoms with Crippen LogP contribution in [0, 0.1) is 0 Å². The maximum absolute atomic E-state index is 12.9. The van der Waals surface area contributed by atoms with E-state index in [9.17, 15) is 35.0 Å². The Bertz CT molecular complexity index is 397. The van der Waals surface area contributed by atoms with Crippen molar-refractivity contribution < 1.29 is 54.0 Å². The van der Waals surface area contributed by atoms with Gasteiger partial charge in [-0.25, -0.2) is 4.39 Å². The Morgan fingerprint density at radius 3 is 1.96 bits per heavy atom. The van der Waals surface area contributed by atoms with Crippen molar-refractivity contribution >= 4 is 0 Å². The lowest BCUT2D eigenvalue weighted by atomic mass is 9.97. The molecule has 6 N–H and O–H groups in total. The van der Waals surface area contributed by atoms with Gasteiger partial charge in [0, 0.05) is 7.11 Å². The van der Waals surface area contributed by atoms with Gasteiger partial charge in [0.1, 0.15) is 55.5 Å². The molecule has 0 radical (unpaired) electrons. The van der Waals surface area contributed by atoms with Crippen LogP contribution in [-0.4, -0.2) is 112 Å². The highest BCUT2D eigenvalue weighted by Gasteiger charge is 2.50. The molecular formula is C13H23FO10. The van der Waals surface area contributed by atoms with Gasteiger partial charge in [0.25, 0.3) is 0 Å². The van der Waals surface area contributed by atoms with Crippen LogP contribution in [0.2, 0.25) is 0 Å². The topological polar surface area (TPSA) is 158 Å². The molecule has 0 aromatic heterocycles. The molecule has 142 valence electrons. The minimum Gasteiger partial charge on any atom is -0.394 e. The number of hydrogen-bond donors (Lipinski definition) is 6. The monoisotopic (exact) mass is 358 g/mol. The molecule has 0 aromatic carbocycles. The van der Waals surface area contributed by atoms with Crippen LogP contribution in [0.4, 0.5) is 4.39 Å². The van der Waals surface area contributed by atoms with E-state index in [1.807, 2.05) is 0 Å². The molecule has 0 unspecified atom stereocenters. The molecule has 0 aliphatic carbocycles. The third-order valence-corrected chi connectivity index (χ3v) is 4.16. The molecule has 2 saturated heterocycles. The first-order chi connectivity index (χ1) is 11.3. The number of methoxy groups -OCH3 is 1. The fourth-order valence-electron chi connectivity index (χ4n) is 2.73.